The number of allylic oxidation sites excluding steroid dienone is 1. The molecule has 0 spiro atoms. The van der Waals surface area contributed by atoms with Gasteiger partial charge >= 0.3 is 0 Å². The number of halogens is 1. The largest absolute Gasteiger partial charge is 0.289 e. The van der Waals surface area contributed by atoms with E-state index in [1.54, 1.807) is 12.1 Å². The SMILES string of the molecule is C=CC(=O)c1ccccc1.Cl. The topological polar surface area (TPSA) is 17.1 Å². The van der Waals surface area contributed by atoms with Crippen molar-refractivity contribution in [3.05, 3.63) is 48.6 Å². The van der Waals surface area contributed by atoms with Gasteiger partial charge in [-0.25, -0.2) is 0 Å². The van der Waals surface area contributed by atoms with Crippen LogP contribution in [0.4, 0.5) is 0 Å². The molecule has 1 nitrogen and oxygen atoms in total. The first kappa shape index (κ1) is 9.92. The molecule has 1 rings (SSSR count). The predicted molar refractivity (Wildman–Crippen MR) is 48.2 cm³/mol. The van der Waals surface area contributed by atoms with Crippen molar-refractivity contribution in [3.8, 4) is 0 Å². The summed E-state index contributed by atoms with van der Waals surface area (Å²) in [5, 5.41) is 0. The second kappa shape index (κ2) is 4.69. The Bertz CT molecular complexity index is 241. The van der Waals surface area contributed by atoms with E-state index < -0.39 is 0 Å². The van der Waals surface area contributed by atoms with Crippen LogP contribution in [0.3, 0.4) is 0 Å². The summed E-state index contributed by atoms with van der Waals surface area (Å²) < 4.78 is 0. The van der Waals surface area contributed by atoms with Crippen LogP contribution in [0.2, 0.25) is 0 Å². The molecule has 0 unspecified atom stereocenters. The Hall–Kier alpha value is -1.08. The summed E-state index contributed by atoms with van der Waals surface area (Å²) in [4.78, 5) is 10.9. The molecule has 2 heteroatoms. The van der Waals surface area contributed by atoms with Crippen molar-refractivity contribution in [3.63, 3.8) is 0 Å². The van der Waals surface area contributed by atoms with Crippen molar-refractivity contribution in [2.24, 2.45) is 0 Å². The fourth-order valence-corrected chi connectivity index (χ4v) is 0.720. The minimum absolute atomic E-state index is 0. The fraction of sp³-hybridized carbons (Fsp3) is 0. The van der Waals surface area contributed by atoms with Crippen molar-refractivity contribution < 1.29 is 4.79 Å². The van der Waals surface area contributed by atoms with Crippen molar-refractivity contribution >= 4 is 18.2 Å². The Kier molecular flexibility index (Phi) is 4.23. The molecule has 0 heterocycles. The molecule has 0 fully saturated rings. The highest BCUT2D eigenvalue weighted by atomic mass is 35.5. The van der Waals surface area contributed by atoms with E-state index in [1.807, 2.05) is 18.2 Å². The first-order valence-corrected chi connectivity index (χ1v) is 3.06. The number of carbonyl (C=O) groups excluding carboxylic acids is 1. The molecular weight excluding hydrogens is 160 g/mol. The molecule has 0 atom stereocenters. The lowest BCUT2D eigenvalue weighted by atomic mass is 10.1. The van der Waals surface area contributed by atoms with Crippen LogP contribution in [-0.4, -0.2) is 5.78 Å². The van der Waals surface area contributed by atoms with Gasteiger partial charge in [0.05, 0.1) is 0 Å². The van der Waals surface area contributed by atoms with Crippen LogP contribution in [0, 0.1) is 0 Å². The first-order valence-electron chi connectivity index (χ1n) is 3.06. The predicted octanol–water partition coefficient (Wildman–Crippen LogP) is 2.48. The van der Waals surface area contributed by atoms with Crippen LogP contribution in [0.25, 0.3) is 0 Å². The molecule has 0 aromatic heterocycles. The van der Waals surface area contributed by atoms with E-state index in [1.165, 1.54) is 6.08 Å². The number of hydrogen-bond donors (Lipinski definition) is 0. The summed E-state index contributed by atoms with van der Waals surface area (Å²) in [5.74, 6) is -0.0272. The lowest BCUT2D eigenvalue weighted by Crippen LogP contribution is -1.90. The van der Waals surface area contributed by atoms with Crippen LogP contribution in [-0.2, 0) is 0 Å². The normalized spacial score (nSPS) is 8.00. The average Bonchev–Trinajstić information content (AvgIpc) is 2.05. The third kappa shape index (κ3) is 2.56. The van der Waals surface area contributed by atoms with Gasteiger partial charge in [0.15, 0.2) is 5.78 Å². The van der Waals surface area contributed by atoms with E-state index in [2.05, 4.69) is 6.58 Å². The van der Waals surface area contributed by atoms with E-state index in [4.69, 9.17) is 0 Å². The summed E-state index contributed by atoms with van der Waals surface area (Å²) in [6.07, 6.45) is 1.31. The third-order valence-electron chi connectivity index (χ3n) is 1.24. The molecule has 0 aliphatic heterocycles. The Morgan fingerprint density at radius 1 is 1.27 bits per heavy atom. The summed E-state index contributed by atoms with van der Waals surface area (Å²) in [7, 11) is 0. The summed E-state index contributed by atoms with van der Waals surface area (Å²) in [5.41, 5.74) is 0.692. The van der Waals surface area contributed by atoms with Gasteiger partial charge in [0.2, 0.25) is 0 Å². The Balaban J connectivity index is 0.000001000. The molecule has 0 amide bonds. The highest BCUT2D eigenvalue weighted by Gasteiger charge is 1.95. The standard InChI is InChI=1S/C9H8O.ClH/c1-2-9(10)8-6-4-3-5-7-8;/h2-7H,1H2;1H. The molecule has 0 aliphatic carbocycles. The Morgan fingerprint density at radius 2 is 1.82 bits per heavy atom. The van der Waals surface area contributed by atoms with Gasteiger partial charge in [-0.3, -0.25) is 4.79 Å². The molecule has 0 saturated heterocycles. The summed E-state index contributed by atoms with van der Waals surface area (Å²) >= 11 is 0. The second-order valence-electron chi connectivity index (χ2n) is 1.93. The highest BCUT2D eigenvalue weighted by molar-refractivity contribution is 6.04. The van der Waals surface area contributed by atoms with E-state index in [0.717, 1.165) is 0 Å². The molecule has 0 saturated carbocycles. The van der Waals surface area contributed by atoms with Crippen LogP contribution in [0.5, 0.6) is 0 Å². The Morgan fingerprint density at radius 3 is 2.27 bits per heavy atom. The van der Waals surface area contributed by atoms with Crippen LogP contribution < -0.4 is 0 Å². The maximum atomic E-state index is 10.9. The van der Waals surface area contributed by atoms with E-state index in [9.17, 15) is 4.79 Å². The van der Waals surface area contributed by atoms with Crippen LogP contribution in [0.15, 0.2) is 43.0 Å². The zero-order chi connectivity index (χ0) is 7.40. The molecule has 58 valence electrons. The number of ketones is 1. The molecule has 0 radical (unpaired) electrons. The van der Waals surface area contributed by atoms with E-state index in [-0.39, 0.29) is 18.2 Å². The van der Waals surface area contributed by atoms with Crippen molar-refractivity contribution in [1.82, 2.24) is 0 Å². The van der Waals surface area contributed by atoms with Gasteiger partial charge < -0.3 is 0 Å². The van der Waals surface area contributed by atoms with E-state index in [0.29, 0.717) is 5.56 Å². The van der Waals surface area contributed by atoms with Gasteiger partial charge in [0.1, 0.15) is 0 Å². The Labute approximate surface area is 72.2 Å². The van der Waals surface area contributed by atoms with Crippen molar-refractivity contribution in [2.75, 3.05) is 0 Å². The summed E-state index contributed by atoms with van der Waals surface area (Å²) in [6.45, 7) is 3.39. The van der Waals surface area contributed by atoms with Crippen molar-refractivity contribution in [2.45, 2.75) is 0 Å². The zero-order valence-electron chi connectivity index (χ0n) is 5.99. The van der Waals surface area contributed by atoms with Gasteiger partial charge in [0.25, 0.3) is 0 Å². The third-order valence-corrected chi connectivity index (χ3v) is 1.24. The zero-order valence-corrected chi connectivity index (χ0v) is 6.80. The first-order chi connectivity index (χ1) is 4.84. The van der Waals surface area contributed by atoms with Gasteiger partial charge in [-0.1, -0.05) is 36.9 Å². The smallest absolute Gasteiger partial charge is 0.185 e. The molecule has 0 aliphatic rings. The fourth-order valence-electron chi connectivity index (χ4n) is 0.720. The van der Waals surface area contributed by atoms with Gasteiger partial charge in [-0.2, -0.15) is 0 Å². The second-order valence-corrected chi connectivity index (χ2v) is 1.93. The van der Waals surface area contributed by atoms with Crippen molar-refractivity contribution in [1.29, 1.82) is 0 Å². The molecule has 1 aromatic carbocycles. The van der Waals surface area contributed by atoms with E-state index >= 15 is 0 Å². The molecule has 0 N–H and O–H groups in total. The average molecular weight is 169 g/mol. The number of benzene rings is 1. The molecule has 0 bridgehead atoms. The van der Waals surface area contributed by atoms with Crippen LogP contribution >= 0.6 is 12.4 Å². The van der Waals surface area contributed by atoms with Gasteiger partial charge in [-0.15, -0.1) is 12.4 Å². The lowest BCUT2D eigenvalue weighted by molar-refractivity contribution is 0.104. The lowest BCUT2D eigenvalue weighted by Gasteiger charge is -1.90. The number of hydrogen-bond acceptors (Lipinski definition) is 1. The molecule has 11 heavy (non-hydrogen) atoms. The monoisotopic (exact) mass is 168 g/mol. The number of carbonyl (C=O) groups is 1. The van der Waals surface area contributed by atoms with Crippen LogP contribution in [0.1, 0.15) is 10.4 Å². The quantitative estimate of drug-likeness (QED) is 0.490. The minimum atomic E-state index is -0.0272. The highest BCUT2D eigenvalue weighted by Crippen LogP contribution is 1.99. The molecule has 1 aromatic rings. The molecular formula is C9H9ClO. The van der Waals surface area contributed by atoms with Gasteiger partial charge in [-0.05, 0) is 6.08 Å². The maximum Gasteiger partial charge on any atom is 0.185 e. The maximum absolute atomic E-state index is 10.9. The summed E-state index contributed by atoms with van der Waals surface area (Å²) in [6, 6.07) is 9.07. The number of rotatable bonds is 2. The van der Waals surface area contributed by atoms with Gasteiger partial charge in [0, 0.05) is 5.56 Å². The minimum Gasteiger partial charge on any atom is -0.289 e.